The van der Waals surface area contributed by atoms with Gasteiger partial charge in [-0.15, -0.1) is 0 Å². The van der Waals surface area contributed by atoms with Gasteiger partial charge in [0.05, 0.1) is 19.9 Å². The number of aromatic nitrogens is 1. The molecular formula is C10H11N3O3S. The fourth-order valence-electron chi connectivity index (χ4n) is 1.22. The van der Waals surface area contributed by atoms with Crippen LogP contribution in [0, 0.1) is 0 Å². The van der Waals surface area contributed by atoms with Gasteiger partial charge in [0, 0.05) is 0 Å². The van der Waals surface area contributed by atoms with Gasteiger partial charge in [0.15, 0.2) is 15.8 Å². The first-order valence-corrected chi connectivity index (χ1v) is 5.63. The number of hydrogen-bond donors (Lipinski definition) is 2. The number of methoxy groups -OCH3 is 1. The molecule has 7 heteroatoms. The molecule has 6 nitrogen and oxygen atoms in total. The SMILES string of the molecule is COC(=O)c1sc(NCc2ccco2)nc1N. The third-order valence-corrected chi connectivity index (χ3v) is 3.03. The molecule has 0 amide bonds. The normalized spacial score (nSPS) is 10.2. The zero-order chi connectivity index (χ0) is 12.3. The van der Waals surface area contributed by atoms with Crippen LogP contribution in [0.4, 0.5) is 10.9 Å². The van der Waals surface area contributed by atoms with Crippen LogP contribution in [0.15, 0.2) is 22.8 Å². The van der Waals surface area contributed by atoms with Crippen LogP contribution < -0.4 is 11.1 Å². The summed E-state index contributed by atoms with van der Waals surface area (Å²) in [5.41, 5.74) is 5.60. The molecule has 0 atom stereocenters. The van der Waals surface area contributed by atoms with E-state index < -0.39 is 5.97 Å². The molecule has 0 saturated heterocycles. The van der Waals surface area contributed by atoms with Crippen LogP contribution >= 0.6 is 11.3 Å². The number of esters is 1. The zero-order valence-corrected chi connectivity index (χ0v) is 9.91. The molecule has 0 aliphatic rings. The Morgan fingerprint density at radius 3 is 3.18 bits per heavy atom. The second kappa shape index (κ2) is 4.88. The van der Waals surface area contributed by atoms with Crippen LogP contribution in [-0.2, 0) is 11.3 Å². The highest BCUT2D eigenvalue weighted by molar-refractivity contribution is 7.17. The molecule has 0 aromatic carbocycles. The Kier molecular flexibility index (Phi) is 3.29. The summed E-state index contributed by atoms with van der Waals surface area (Å²) in [5, 5.41) is 3.57. The highest BCUT2D eigenvalue weighted by Crippen LogP contribution is 2.25. The molecule has 0 bridgehead atoms. The molecule has 0 radical (unpaired) electrons. The van der Waals surface area contributed by atoms with Gasteiger partial charge in [-0.2, -0.15) is 0 Å². The van der Waals surface area contributed by atoms with Crippen molar-refractivity contribution in [3.05, 3.63) is 29.0 Å². The number of ether oxygens (including phenoxy) is 1. The molecule has 2 heterocycles. The molecule has 0 spiro atoms. The van der Waals surface area contributed by atoms with Gasteiger partial charge in [0.2, 0.25) is 0 Å². The van der Waals surface area contributed by atoms with Crippen molar-refractivity contribution in [2.75, 3.05) is 18.2 Å². The van der Waals surface area contributed by atoms with Crippen LogP contribution in [0.5, 0.6) is 0 Å². The van der Waals surface area contributed by atoms with E-state index in [9.17, 15) is 4.79 Å². The van der Waals surface area contributed by atoms with Gasteiger partial charge in [-0.25, -0.2) is 9.78 Å². The van der Waals surface area contributed by atoms with Gasteiger partial charge in [-0.1, -0.05) is 11.3 Å². The van der Waals surface area contributed by atoms with E-state index in [2.05, 4.69) is 15.0 Å². The Balaban J connectivity index is 2.05. The van der Waals surface area contributed by atoms with E-state index in [1.165, 1.54) is 7.11 Å². The van der Waals surface area contributed by atoms with Crippen molar-refractivity contribution >= 4 is 28.3 Å². The lowest BCUT2D eigenvalue weighted by molar-refractivity contribution is 0.0607. The third-order valence-electron chi connectivity index (χ3n) is 2.02. The van der Waals surface area contributed by atoms with E-state index in [-0.39, 0.29) is 5.82 Å². The van der Waals surface area contributed by atoms with E-state index in [0.717, 1.165) is 17.1 Å². The number of anilines is 2. The Morgan fingerprint density at radius 2 is 2.53 bits per heavy atom. The highest BCUT2D eigenvalue weighted by atomic mass is 32.1. The predicted molar refractivity (Wildman–Crippen MR) is 63.9 cm³/mol. The summed E-state index contributed by atoms with van der Waals surface area (Å²) < 4.78 is 9.74. The lowest BCUT2D eigenvalue weighted by atomic mass is 10.4. The molecule has 2 rings (SSSR count). The Bertz CT molecular complexity index is 507. The van der Waals surface area contributed by atoms with Gasteiger partial charge < -0.3 is 20.2 Å². The van der Waals surface area contributed by atoms with E-state index >= 15 is 0 Å². The Hall–Kier alpha value is -2.02. The predicted octanol–water partition coefficient (Wildman–Crippen LogP) is 1.72. The van der Waals surface area contributed by atoms with Crippen molar-refractivity contribution in [2.45, 2.75) is 6.54 Å². The largest absolute Gasteiger partial charge is 0.467 e. The van der Waals surface area contributed by atoms with E-state index in [0.29, 0.717) is 16.6 Å². The summed E-state index contributed by atoms with van der Waals surface area (Å²) in [5.74, 6) is 0.466. The first-order chi connectivity index (χ1) is 8.20. The standard InChI is InChI=1S/C10H11N3O3S/c1-15-9(14)7-8(11)13-10(17-7)12-5-6-3-2-4-16-6/h2-4H,5,11H2,1H3,(H,12,13). The fourth-order valence-corrected chi connectivity index (χ4v) is 2.02. The summed E-state index contributed by atoms with van der Waals surface area (Å²) >= 11 is 1.15. The molecule has 0 saturated carbocycles. The lowest BCUT2D eigenvalue weighted by Gasteiger charge is -1.97. The molecule has 0 fully saturated rings. The topological polar surface area (TPSA) is 90.4 Å². The van der Waals surface area contributed by atoms with Crippen molar-refractivity contribution in [3.8, 4) is 0 Å². The molecular weight excluding hydrogens is 242 g/mol. The maximum atomic E-state index is 11.3. The number of nitrogens with zero attached hydrogens (tertiary/aromatic N) is 1. The maximum Gasteiger partial charge on any atom is 0.351 e. The molecule has 17 heavy (non-hydrogen) atoms. The number of nitrogens with two attached hydrogens (primary N) is 1. The van der Waals surface area contributed by atoms with Crippen molar-refractivity contribution in [3.63, 3.8) is 0 Å². The van der Waals surface area contributed by atoms with Crippen molar-refractivity contribution in [1.29, 1.82) is 0 Å². The molecule has 0 aliphatic heterocycles. The highest BCUT2D eigenvalue weighted by Gasteiger charge is 2.16. The van der Waals surface area contributed by atoms with E-state index in [1.54, 1.807) is 12.3 Å². The van der Waals surface area contributed by atoms with Crippen LogP contribution in [-0.4, -0.2) is 18.1 Å². The molecule has 0 unspecified atom stereocenters. The number of carbonyl (C=O) groups is 1. The summed E-state index contributed by atoms with van der Waals surface area (Å²) in [4.78, 5) is 15.6. The molecule has 2 aromatic rings. The summed E-state index contributed by atoms with van der Waals surface area (Å²) in [6.07, 6.45) is 1.59. The van der Waals surface area contributed by atoms with Gasteiger partial charge in [0.1, 0.15) is 5.76 Å². The van der Waals surface area contributed by atoms with Crippen molar-refractivity contribution < 1.29 is 13.9 Å². The minimum atomic E-state index is -0.481. The smallest absolute Gasteiger partial charge is 0.351 e. The first kappa shape index (κ1) is 11.5. The van der Waals surface area contributed by atoms with Gasteiger partial charge in [-0.3, -0.25) is 0 Å². The lowest BCUT2D eigenvalue weighted by Crippen LogP contribution is -2.02. The number of nitrogen functional groups attached to an aromatic ring is 1. The minimum absolute atomic E-state index is 0.170. The first-order valence-electron chi connectivity index (χ1n) is 4.81. The minimum Gasteiger partial charge on any atom is -0.467 e. The van der Waals surface area contributed by atoms with Crippen LogP contribution in [0.1, 0.15) is 15.4 Å². The third kappa shape index (κ3) is 2.56. The second-order valence-corrected chi connectivity index (χ2v) is 4.16. The number of hydrogen-bond acceptors (Lipinski definition) is 7. The van der Waals surface area contributed by atoms with E-state index in [4.69, 9.17) is 10.2 Å². The zero-order valence-electron chi connectivity index (χ0n) is 9.10. The number of rotatable bonds is 4. The van der Waals surface area contributed by atoms with Crippen LogP contribution in [0.2, 0.25) is 0 Å². The van der Waals surface area contributed by atoms with Gasteiger partial charge in [-0.05, 0) is 12.1 Å². The van der Waals surface area contributed by atoms with Crippen molar-refractivity contribution in [1.82, 2.24) is 4.98 Å². The number of carbonyl (C=O) groups excluding carboxylic acids is 1. The number of furan rings is 1. The summed E-state index contributed by atoms with van der Waals surface area (Å²) in [7, 11) is 1.30. The molecule has 2 aromatic heterocycles. The van der Waals surface area contributed by atoms with E-state index in [1.807, 2.05) is 6.07 Å². The van der Waals surface area contributed by atoms with Gasteiger partial charge in [0.25, 0.3) is 0 Å². The number of thiazole rings is 1. The maximum absolute atomic E-state index is 11.3. The van der Waals surface area contributed by atoms with Crippen LogP contribution in [0.25, 0.3) is 0 Å². The average molecular weight is 253 g/mol. The summed E-state index contributed by atoms with van der Waals surface area (Å²) in [6, 6.07) is 3.64. The van der Waals surface area contributed by atoms with Crippen molar-refractivity contribution in [2.24, 2.45) is 0 Å². The van der Waals surface area contributed by atoms with Crippen LogP contribution in [0.3, 0.4) is 0 Å². The molecule has 3 N–H and O–H groups in total. The Morgan fingerprint density at radius 1 is 1.71 bits per heavy atom. The monoisotopic (exact) mass is 253 g/mol. The molecule has 90 valence electrons. The Labute approximate surface area is 101 Å². The average Bonchev–Trinajstić information content (AvgIpc) is 2.94. The fraction of sp³-hybridized carbons (Fsp3) is 0.200. The second-order valence-electron chi connectivity index (χ2n) is 3.16. The molecule has 0 aliphatic carbocycles. The quantitative estimate of drug-likeness (QED) is 0.806. The summed E-state index contributed by atoms with van der Waals surface area (Å²) in [6.45, 7) is 0.487. The van der Waals surface area contributed by atoms with Gasteiger partial charge >= 0.3 is 5.97 Å². The number of nitrogens with one attached hydrogen (secondary N) is 1.